The van der Waals surface area contributed by atoms with Crippen LogP contribution in [0.1, 0.15) is 16.7 Å². The van der Waals surface area contributed by atoms with Crippen molar-refractivity contribution in [1.29, 1.82) is 0 Å². The van der Waals surface area contributed by atoms with E-state index in [0.29, 0.717) is 12.2 Å². The van der Waals surface area contributed by atoms with E-state index in [4.69, 9.17) is 4.74 Å². The number of hydrazine groups is 1. The maximum atomic E-state index is 12.1. The minimum atomic E-state index is -0.577. The van der Waals surface area contributed by atoms with Crippen molar-refractivity contribution >= 4 is 17.5 Å². The van der Waals surface area contributed by atoms with Crippen LogP contribution in [0.2, 0.25) is 0 Å². The minimum absolute atomic E-state index is 0.151. The van der Waals surface area contributed by atoms with Gasteiger partial charge in [0.25, 0.3) is 11.6 Å². The van der Waals surface area contributed by atoms with Gasteiger partial charge in [-0.2, -0.15) is 0 Å². The molecule has 0 aromatic heterocycles. The second kappa shape index (κ2) is 10.5. The number of amides is 2. The minimum Gasteiger partial charge on any atom is -0.483 e. The summed E-state index contributed by atoms with van der Waals surface area (Å²) < 4.78 is 5.62. The molecule has 3 rings (SSSR count). The van der Waals surface area contributed by atoms with Crippen molar-refractivity contribution in [3.63, 3.8) is 0 Å². The number of nitro benzene ring substituents is 1. The number of ether oxygens (including phenoxy) is 1. The smallest absolute Gasteiger partial charge is 0.276 e. The van der Waals surface area contributed by atoms with Crippen LogP contribution in [0.4, 0.5) is 5.69 Å². The average Bonchev–Trinajstić information content (AvgIpc) is 2.78. The van der Waals surface area contributed by atoms with Crippen LogP contribution in [0.25, 0.3) is 0 Å². The van der Waals surface area contributed by atoms with Crippen LogP contribution >= 0.6 is 0 Å². The molecule has 0 saturated carbocycles. The molecule has 2 N–H and O–H groups in total. The van der Waals surface area contributed by atoms with Crippen molar-refractivity contribution in [3.05, 3.63) is 106 Å². The lowest BCUT2D eigenvalue weighted by Crippen LogP contribution is -2.44. The molecule has 0 aliphatic rings. The quantitative estimate of drug-likeness (QED) is 0.431. The highest BCUT2D eigenvalue weighted by Gasteiger charge is 2.16. The Morgan fingerprint density at radius 3 is 2.16 bits per heavy atom. The molecule has 3 aromatic carbocycles. The Labute approximate surface area is 179 Å². The van der Waals surface area contributed by atoms with E-state index < -0.39 is 16.7 Å². The standard InChI is InChI=1S/C23H21N3O5/c27-22(15-18-10-4-6-12-20(18)26(29)30)24-25-23(28)16-31-21-13-7-5-11-19(21)14-17-8-2-1-3-9-17/h1-13H,14-16H2,(H,24,27)(H,25,28). The summed E-state index contributed by atoms with van der Waals surface area (Å²) in [6, 6.07) is 23.2. The highest BCUT2D eigenvalue weighted by atomic mass is 16.6. The van der Waals surface area contributed by atoms with E-state index in [0.717, 1.165) is 11.1 Å². The van der Waals surface area contributed by atoms with Gasteiger partial charge in [0.05, 0.1) is 11.3 Å². The summed E-state index contributed by atoms with van der Waals surface area (Å²) in [7, 11) is 0. The maximum absolute atomic E-state index is 12.1. The molecule has 31 heavy (non-hydrogen) atoms. The van der Waals surface area contributed by atoms with Crippen molar-refractivity contribution in [3.8, 4) is 5.75 Å². The van der Waals surface area contributed by atoms with Gasteiger partial charge in [-0.25, -0.2) is 0 Å². The lowest BCUT2D eigenvalue weighted by molar-refractivity contribution is -0.385. The lowest BCUT2D eigenvalue weighted by Gasteiger charge is -2.12. The van der Waals surface area contributed by atoms with Crippen LogP contribution in [0.5, 0.6) is 5.75 Å². The summed E-state index contributed by atoms with van der Waals surface area (Å²) >= 11 is 0. The first-order valence-electron chi connectivity index (χ1n) is 9.57. The Kier molecular flexibility index (Phi) is 7.31. The van der Waals surface area contributed by atoms with E-state index in [1.54, 1.807) is 12.1 Å². The molecule has 0 aliphatic heterocycles. The van der Waals surface area contributed by atoms with Gasteiger partial charge < -0.3 is 4.74 Å². The predicted octanol–water partition coefficient (Wildman–Crippen LogP) is 2.95. The normalized spacial score (nSPS) is 10.2. The van der Waals surface area contributed by atoms with E-state index in [-0.39, 0.29) is 24.3 Å². The number of nitro groups is 1. The first kappa shape index (κ1) is 21.5. The van der Waals surface area contributed by atoms with Crippen LogP contribution in [-0.4, -0.2) is 23.3 Å². The van der Waals surface area contributed by atoms with Crippen molar-refractivity contribution in [2.24, 2.45) is 0 Å². The molecule has 8 nitrogen and oxygen atoms in total. The molecular weight excluding hydrogens is 398 g/mol. The summed E-state index contributed by atoms with van der Waals surface area (Å²) in [5, 5.41) is 11.0. The Morgan fingerprint density at radius 1 is 0.806 bits per heavy atom. The fraction of sp³-hybridized carbons (Fsp3) is 0.130. The zero-order valence-electron chi connectivity index (χ0n) is 16.6. The molecular formula is C23H21N3O5. The summed E-state index contributed by atoms with van der Waals surface area (Å²) in [6.07, 6.45) is 0.420. The summed E-state index contributed by atoms with van der Waals surface area (Å²) in [4.78, 5) is 34.6. The Morgan fingerprint density at radius 2 is 1.42 bits per heavy atom. The monoisotopic (exact) mass is 419 g/mol. The summed E-state index contributed by atoms with van der Waals surface area (Å²) in [5.41, 5.74) is 6.66. The molecule has 0 spiro atoms. The summed E-state index contributed by atoms with van der Waals surface area (Å²) in [5.74, 6) is -0.551. The molecule has 2 amide bonds. The molecule has 0 unspecified atom stereocenters. The number of carbonyl (C=O) groups excluding carboxylic acids is 2. The molecule has 0 aliphatic carbocycles. The van der Waals surface area contributed by atoms with Gasteiger partial charge >= 0.3 is 0 Å². The molecule has 0 heterocycles. The third-order valence-electron chi connectivity index (χ3n) is 4.45. The number of hydrogen-bond acceptors (Lipinski definition) is 5. The zero-order chi connectivity index (χ0) is 22.1. The topological polar surface area (TPSA) is 111 Å². The van der Waals surface area contributed by atoms with E-state index >= 15 is 0 Å². The average molecular weight is 419 g/mol. The molecule has 3 aromatic rings. The first-order chi connectivity index (χ1) is 15.0. The van der Waals surface area contributed by atoms with Crippen molar-refractivity contribution in [2.45, 2.75) is 12.8 Å². The molecule has 0 bridgehead atoms. The molecule has 158 valence electrons. The third kappa shape index (κ3) is 6.40. The van der Waals surface area contributed by atoms with Gasteiger partial charge in [-0.05, 0) is 17.2 Å². The van der Waals surface area contributed by atoms with E-state index in [1.807, 2.05) is 48.5 Å². The van der Waals surface area contributed by atoms with E-state index in [2.05, 4.69) is 10.9 Å². The zero-order valence-corrected chi connectivity index (χ0v) is 16.6. The van der Waals surface area contributed by atoms with Gasteiger partial charge in [0.1, 0.15) is 5.75 Å². The van der Waals surface area contributed by atoms with Crippen LogP contribution in [-0.2, 0) is 22.4 Å². The van der Waals surface area contributed by atoms with Gasteiger partial charge in [-0.3, -0.25) is 30.6 Å². The molecule has 0 saturated heterocycles. The highest BCUT2D eigenvalue weighted by Crippen LogP contribution is 2.21. The Hall–Kier alpha value is -4.20. The number of benzene rings is 3. The van der Waals surface area contributed by atoms with Crippen molar-refractivity contribution in [1.82, 2.24) is 10.9 Å². The molecule has 0 fully saturated rings. The number of hydrogen-bond donors (Lipinski definition) is 2. The van der Waals surface area contributed by atoms with Crippen LogP contribution in [0.3, 0.4) is 0 Å². The Bertz CT molecular complexity index is 1070. The number of nitrogens with one attached hydrogen (secondary N) is 2. The van der Waals surface area contributed by atoms with Crippen LogP contribution < -0.4 is 15.6 Å². The van der Waals surface area contributed by atoms with Gasteiger partial charge in [0.15, 0.2) is 6.61 Å². The number of para-hydroxylation sites is 2. The second-order valence-electron chi connectivity index (χ2n) is 6.72. The third-order valence-corrected chi connectivity index (χ3v) is 4.45. The van der Waals surface area contributed by atoms with Gasteiger partial charge in [0, 0.05) is 18.1 Å². The van der Waals surface area contributed by atoms with Crippen molar-refractivity contribution < 1.29 is 19.2 Å². The van der Waals surface area contributed by atoms with Gasteiger partial charge in [-0.1, -0.05) is 66.7 Å². The van der Waals surface area contributed by atoms with Crippen molar-refractivity contribution in [2.75, 3.05) is 6.61 Å². The fourth-order valence-corrected chi connectivity index (χ4v) is 2.98. The van der Waals surface area contributed by atoms with E-state index in [1.165, 1.54) is 18.2 Å². The SMILES string of the molecule is O=C(COc1ccccc1Cc1ccccc1)NNC(=O)Cc1ccccc1[N+](=O)[O-]. The molecule has 0 atom stereocenters. The predicted molar refractivity (Wildman–Crippen MR) is 114 cm³/mol. The first-order valence-corrected chi connectivity index (χ1v) is 9.57. The maximum Gasteiger partial charge on any atom is 0.276 e. The van der Waals surface area contributed by atoms with E-state index in [9.17, 15) is 19.7 Å². The number of nitrogens with zero attached hydrogens (tertiary/aromatic N) is 1. The summed E-state index contributed by atoms with van der Waals surface area (Å²) in [6.45, 7) is -0.294. The number of rotatable bonds is 8. The highest BCUT2D eigenvalue weighted by molar-refractivity contribution is 5.84. The second-order valence-corrected chi connectivity index (χ2v) is 6.72. The Balaban J connectivity index is 1.50. The lowest BCUT2D eigenvalue weighted by atomic mass is 10.0. The largest absolute Gasteiger partial charge is 0.483 e. The fourth-order valence-electron chi connectivity index (χ4n) is 2.98. The molecule has 0 radical (unpaired) electrons. The van der Waals surface area contributed by atoms with Crippen LogP contribution in [0, 0.1) is 10.1 Å². The molecule has 8 heteroatoms. The van der Waals surface area contributed by atoms with Gasteiger partial charge in [-0.15, -0.1) is 0 Å². The van der Waals surface area contributed by atoms with Crippen LogP contribution in [0.15, 0.2) is 78.9 Å². The number of carbonyl (C=O) groups is 2. The van der Waals surface area contributed by atoms with Gasteiger partial charge in [0.2, 0.25) is 5.91 Å².